The van der Waals surface area contributed by atoms with E-state index in [4.69, 9.17) is 15.2 Å². The number of anilines is 2. The molecule has 0 bridgehead atoms. The van der Waals surface area contributed by atoms with Crippen LogP contribution in [0.5, 0.6) is 0 Å². The Hall–Kier alpha value is -1.82. The van der Waals surface area contributed by atoms with Crippen molar-refractivity contribution in [2.24, 2.45) is 0 Å². The zero-order chi connectivity index (χ0) is 14.4. The van der Waals surface area contributed by atoms with E-state index in [9.17, 15) is 4.79 Å². The molecule has 0 aliphatic rings. The Morgan fingerprint density at radius 3 is 2.84 bits per heavy atom. The molecule has 19 heavy (non-hydrogen) atoms. The van der Waals surface area contributed by atoms with Crippen molar-refractivity contribution in [2.45, 2.75) is 20.0 Å². The highest BCUT2D eigenvalue weighted by Crippen LogP contribution is 2.24. The lowest BCUT2D eigenvalue weighted by atomic mass is 10.2. The van der Waals surface area contributed by atoms with Crippen molar-refractivity contribution in [1.82, 2.24) is 4.98 Å². The molecular weight excluding hydrogens is 246 g/mol. The second kappa shape index (κ2) is 6.94. The van der Waals surface area contributed by atoms with Crippen LogP contribution in [-0.4, -0.2) is 44.4 Å². The predicted molar refractivity (Wildman–Crippen MR) is 74.3 cm³/mol. The molecule has 0 saturated carbocycles. The minimum absolute atomic E-state index is 0.0393. The second-order valence-electron chi connectivity index (χ2n) is 4.24. The zero-order valence-electron chi connectivity index (χ0n) is 11.8. The SMILES string of the molecule is CCOC(=O)c1ccnc(N(C)CC(C)OC)c1N. The van der Waals surface area contributed by atoms with Crippen LogP contribution in [0.3, 0.4) is 0 Å². The average molecular weight is 267 g/mol. The van der Waals surface area contributed by atoms with Crippen LogP contribution in [0.4, 0.5) is 11.5 Å². The lowest BCUT2D eigenvalue weighted by Crippen LogP contribution is -2.30. The maximum atomic E-state index is 11.7. The third-order valence-corrected chi connectivity index (χ3v) is 2.76. The van der Waals surface area contributed by atoms with Crippen LogP contribution < -0.4 is 10.6 Å². The van der Waals surface area contributed by atoms with E-state index in [-0.39, 0.29) is 6.10 Å². The van der Waals surface area contributed by atoms with Crippen molar-refractivity contribution in [3.8, 4) is 0 Å². The van der Waals surface area contributed by atoms with Gasteiger partial charge in [0.2, 0.25) is 0 Å². The molecule has 0 aliphatic carbocycles. The minimum atomic E-state index is -0.433. The second-order valence-corrected chi connectivity index (χ2v) is 4.24. The number of ether oxygens (including phenoxy) is 2. The molecule has 1 unspecified atom stereocenters. The van der Waals surface area contributed by atoms with E-state index in [1.54, 1.807) is 26.3 Å². The van der Waals surface area contributed by atoms with Gasteiger partial charge in [0.25, 0.3) is 0 Å². The summed E-state index contributed by atoms with van der Waals surface area (Å²) in [4.78, 5) is 17.8. The van der Waals surface area contributed by atoms with Gasteiger partial charge in [0.15, 0.2) is 5.82 Å². The summed E-state index contributed by atoms with van der Waals surface area (Å²) in [6.45, 7) is 4.64. The number of aromatic nitrogens is 1. The molecule has 106 valence electrons. The Labute approximate surface area is 113 Å². The molecule has 0 radical (unpaired) electrons. The highest BCUT2D eigenvalue weighted by molar-refractivity contribution is 5.97. The standard InChI is InChI=1S/C13H21N3O3/c1-5-19-13(17)10-6-7-15-12(11(10)14)16(3)8-9(2)18-4/h6-7,9H,5,8,14H2,1-4H3. The molecule has 2 N–H and O–H groups in total. The molecule has 1 heterocycles. The van der Waals surface area contributed by atoms with Crippen molar-refractivity contribution < 1.29 is 14.3 Å². The summed E-state index contributed by atoms with van der Waals surface area (Å²) in [6, 6.07) is 1.56. The first-order valence-electron chi connectivity index (χ1n) is 6.16. The molecule has 0 aromatic carbocycles. The maximum absolute atomic E-state index is 11.7. The summed E-state index contributed by atoms with van der Waals surface area (Å²) in [7, 11) is 3.49. The van der Waals surface area contributed by atoms with E-state index >= 15 is 0 Å². The van der Waals surface area contributed by atoms with E-state index in [0.29, 0.717) is 30.2 Å². The third-order valence-electron chi connectivity index (χ3n) is 2.76. The van der Waals surface area contributed by atoms with Crippen LogP contribution in [0, 0.1) is 0 Å². The molecule has 6 heteroatoms. The Kier molecular flexibility index (Phi) is 5.57. The average Bonchev–Trinajstić information content (AvgIpc) is 2.38. The van der Waals surface area contributed by atoms with E-state index < -0.39 is 5.97 Å². The van der Waals surface area contributed by atoms with Crippen LogP contribution in [0.25, 0.3) is 0 Å². The van der Waals surface area contributed by atoms with Crippen molar-refractivity contribution >= 4 is 17.5 Å². The zero-order valence-corrected chi connectivity index (χ0v) is 11.8. The number of hydrogen-bond donors (Lipinski definition) is 1. The van der Waals surface area contributed by atoms with Gasteiger partial charge in [0.1, 0.15) is 0 Å². The van der Waals surface area contributed by atoms with Gasteiger partial charge < -0.3 is 20.1 Å². The Bertz CT molecular complexity index is 437. The van der Waals surface area contributed by atoms with Crippen molar-refractivity contribution in [3.05, 3.63) is 17.8 Å². The molecule has 0 aliphatic heterocycles. The Morgan fingerprint density at radius 1 is 1.58 bits per heavy atom. The number of likely N-dealkylation sites (N-methyl/N-ethyl adjacent to an activating group) is 1. The molecule has 0 amide bonds. The molecule has 1 rings (SSSR count). The fourth-order valence-electron chi connectivity index (χ4n) is 1.70. The lowest BCUT2D eigenvalue weighted by Gasteiger charge is -2.23. The Morgan fingerprint density at radius 2 is 2.26 bits per heavy atom. The van der Waals surface area contributed by atoms with Crippen LogP contribution in [0.2, 0.25) is 0 Å². The van der Waals surface area contributed by atoms with E-state index in [0.717, 1.165) is 0 Å². The highest BCUT2D eigenvalue weighted by Gasteiger charge is 2.17. The summed E-state index contributed by atoms with van der Waals surface area (Å²) in [5, 5.41) is 0. The van der Waals surface area contributed by atoms with Crippen LogP contribution in [-0.2, 0) is 9.47 Å². The molecule has 1 aromatic rings. The number of nitrogens with zero attached hydrogens (tertiary/aromatic N) is 2. The van der Waals surface area contributed by atoms with Gasteiger partial charge >= 0.3 is 5.97 Å². The molecule has 0 fully saturated rings. The van der Waals surface area contributed by atoms with Crippen LogP contribution in [0.15, 0.2) is 12.3 Å². The van der Waals surface area contributed by atoms with E-state index in [1.807, 2.05) is 18.9 Å². The molecule has 0 spiro atoms. The Balaban J connectivity index is 2.97. The van der Waals surface area contributed by atoms with Gasteiger partial charge in [-0.25, -0.2) is 9.78 Å². The number of nitrogen functional groups attached to an aromatic ring is 1. The molecule has 1 aromatic heterocycles. The number of pyridine rings is 1. The first-order valence-corrected chi connectivity index (χ1v) is 6.16. The van der Waals surface area contributed by atoms with Gasteiger partial charge in [0.05, 0.1) is 24.0 Å². The summed E-state index contributed by atoms with van der Waals surface area (Å²) in [5.41, 5.74) is 6.65. The van der Waals surface area contributed by atoms with Gasteiger partial charge in [-0.15, -0.1) is 0 Å². The van der Waals surface area contributed by atoms with E-state index in [1.165, 1.54) is 0 Å². The number of esters is 1. The highest BCUT2D eigenvalue weighted by atomic mass is 16.5. The van der Waals surface area contributed by atoms with Gasteiger partial charge in [-0.05, 0) is 19.9 Å². The van der Waals surface area contributed by atoms with Gasteiger partial charge in [0, 0.05) is 26.9 Å². The number of nitrogens with two attached hydrogens (primary N) is 1. The van der Waals surface area contributed by atoms with Crippen molar-refractivity contribution in [1.29, 1.82) is 0 Å². The predicted octanol–water partition coefficient (Wildman–Crippen LogP) is 1.31. The summed E-state index contributed by atoms with van der Waals surface area (Å²) >= 11 is 0. The fourth-order valence-corrected chi connectivity index (χ4v) is 1.70. The summed E-state index contributed by atoms with van der Waals surface area (Å²) in [5.74, 6) is 0.117. The quantitative estimate of drug-likeness (QED) is 0.783. The number of rotatable bonds is 6. The van der Waals surface area contributed by atoms with Gasteiger partial charge in [-0.3, -0.25) is 0 Å². The number of methoxy groups -OCH3 is 1. The number of carbonyl (C=O) groups excluding carboxylic acids is 1. The number of carbonyl (C=O) groups is 1. The van der Waals surface area contributed by atoms with Crippen LogP contribution in [0.1, 0.15) is 24.2 Å². The fraction of sp³-hybridized carbons (Fsp3) is 0.538. The number of hydrogen-bond acceptors (Lipinski definition) is 6. The molecule has 1 atom stereocenters. The van der Waals surface area contributed by atoms with Gasteiger partial charge in [-0.2, -0.15) is 0 Å². The summed E-state index contributed by atoms with van der Waals surface area (Å²) in [6.07, 6.45) is 1.59. The normalized spacial score (nSPS) is 12.0. The molecule has 6 nitrogen and oxygen atoms in total. The molecule has 0 saturated heterocycles. The smallest absolute Gasteiger partial charge is 0.340 e. The first kappa shape index (κ1) is 15.2. The monoisotopic (exact) mass is 267 g/mol. The largest absolute Gasteiger partial charge is 0.462 e. The van der Waals surface area contributed by atoms with Gasteiger partial charge in [-0.1, -0.05) is 0 Å². The minimum Gasteiger partial charge on any atom is -0.462 e. The third kappa shape index (κ3) is 3.82. The lowest BCUT2D eigenvalue weighted by molar-refractivity contribution is 0.0527. The van der Waals surface area contributed by atoms with Crippen LogP contribution >= 0.6 is 0 Å². The maximum Gasteiger partial charge on any atom is 0.340 e. The van der Waals surface area contributed by atoms with Crippen molar-refractivity contribution in [2.75, 3.05) is 37.9 Å². The van der Waals surface area contributed by atoms with E-state index in [2.05, 4.69) is 4.98 Å². The summed E-state index contributed by atoms with van der Waals surface area (Å²) < 4.78 is 10.2. The topological polar surface area (TPSA) is 77.7 Å². The first-order chi connectivity index (χ1) is 9.01. The van der Waals surface area contributed by atoms with Crippen molar-refractivity contribution in [3.63, 3.8) is 0 Å². The molecular formula is C13H21N3O3.